The van der Waals surface area contributed by atoms with Crippen LogP contribution in [0.4, 0.5) is 0 Å². The minimum absolute atomic E-state index is 0.00826. The summed E-state index contributed by atoms with van der Waals surface area (Å²) in [6, 6.07) is 13.5. The zero-order chi connectivity index (χ0) is 15.1. The van der Waals surface area contributed by atoms with Gasteiger partial charge in [0.05, 0.1) is 0 Å². The third kappa shape index (κ3) is 2.19. The third-order valence-corrected chi connectivity index (χ3v) is 5.19. The lowest BCUT2D eigenvalue weighted by atomic mass is 9.75. The van der Waals surface area contributed by atoms with Gasteiger partial charge < -0.3 is 0 Å². The number of Topliss-reactive ketones (excluding diaryl/α,β-unsaturated/α-hetero) is 1. The highest BCUT2D eigenvalue weighted by molar-refractivity contribution is 6.30. The quantitative estimate of drug-likeness (QED) is 0.616. The van der Waals surface area contributed by atoms with Gasteiger partial charge in [-0.15, -0.1) is 0 Å². The van der Waals surface area contributed by atoms with Crippen molar-refractivity contribution in [1.82, 2.24) is 4.98 Å². The van der Waals surface area contributed by atoms with Gasteiger partial charge in [0.1, 0.15) is 5.69 Å². The number of hydrogen-bond donors (Lipinski definition) is 0. The Morgan fingerprint density at radius 2 is 1.82 bits per heavy atom. The van der Waals surface area contributed by atoms with Crippen molar-refractivity contribution in [2.45, 2.75) is 12.3 Å². The van der Waals surface area contributed by atoms with E-state index in [0.29, 0.717) is 17.5 Å². The molecule has 110 valence electrons. The van der Waals surface area contributed by atoms with Crippen LogP contribution in [0.3, 0.4) is 0 Å². The fourth-order valence-electron chi connectivity index (χ4n) is 4.00. The van der Waals surface area contributed by atoms with Crippen LogP contribution in [0.1, 0.15) is 28.4 Å². The van der Waals surface area contributed by atoms with E-state index in [0.717, 1.165) is 11.4 Å². The second kappa shape index (κ2) is 5.36. The van der Waals surface area contributed by atoms with Crippen molar-refractivity contribution in [3.8, 4) is 0 Å². The lowest BCUT2D eigenvalue weighted by Crippen LogP contribution is -2.27. The van der Waals surface area contributed by atoms with Crippen LogP contribution in [-0.4, -0.2) is 10.8 Å². The van der Waals surface area contributed by atoms with Crippen molar-refractivity contribution < 1.29 is 4.79 Å². The second-order valence-corrected chi connectivity index (χ2v) is 6.57. The van der Waals surface area contributed by atoms with Crippen molar-refractivity contribution in [2.24, 2.45) is 17.8 Å². The van der Waals surface area contributed by atoms with Crippen LogP contribution in [0.15, 0.2) is 60.8 Å². The first kappa shape index (κ1) is 13.7. The molecule has 0 saturated heterocycles. The van der Waals surface area contributed by atoms with E-state index in [2.05, 4.69) is 29.3 Å². The Morgan fingerprint density at radius 3 is 2.55 bits per heavy atom. The summed E-state index contributed by atoms with van der Waals surface area (Å²) in [4.78, 5) is 17.2. The van der Waals surface area contributed by atoms with Gasteiger partial charge in [-0.2, -0.15) is 0 Å². The molecular formula is C19H16ClNO. The predicted octanol–water partition coefficient (Wildman–Crippen LogP) is 4.52. The normalized spacial score (nSPS) is 29.0. The molecule has 1 aromatic heterocycles. The van der Waals surface area contributed by atoms with Crippen molar-refractivity contribution in [3.63, 3.8) is 0 Å². The summed E-state index contributed by atoms with van der Waals surface area (Å²) in [5.41, 5.74) is 1.78. The molecular weight excluding hydrogens is 294 g/mol. The van der Waals surface area contributed by atoms with Crippen molar-refractivity contribution in [3.05, 3.63) is 77.1 Å². The number of aromatic nitrogens is 1. The van der Waals surface area contributed by atoms with Crippen LogP contribution in [0.5, 0.6) is 0 Å². The van der Waals surface area contributed by atoms with E-state index >= 15 is 0 Å². The summed E-state index contributed by atoms with van der Waals surface area (Å²) >= 11 is 6.00. The number of ketones is 1. The van der Waals surface area contributed by atoms with Crippen molar-refractivity contribution >= 4 is 17.4 Å². The molecule has 1 heterocycles. The first-order chi connectivity index (χ1) is 10.7. The molecule has 1 fully saturated rings. The number of nitrogens with zero attached hydrogens (tertiary/aromatic N) is 1. The molecule has 1 saturated carbocycles. The number of hydrogen-bond acceptors (Lipinski definition) is 2. The number of carbonyl (C=O) groups excluding carboxylic acids is 1. The van der Waals surface area contributed by atoms with Gasteiger partial charge in [0.25, 0.3) is 0 Å². The van der Waals surface area contributed by atoms with E-state index < -0.39 is 0 Å². The van der Waals surface area contributed by atoms with Crippen molar-refractivity contribution in [2.75, 3.05) is 0 Å². The molecule has 2 nitrogen and oxygen atoms in total. The summed E-state index contributed by atoms with van der Waals surface area (Å²) in [5.74, 6) is 1.18. The number of fused-ring (bicyclic) bond motifs is 2. The molecule has 4 rings (SSSR count). The molecule has 4 atom stereocenters. The summed E-state index contributed by atoms with van der Waals surface area (Å²) < 4.78 is 0. The molecule has 2 aliphatic rings. The molecule has 1 aromatic carbocycles. The van der Waals surface area contributed by atoms with Crippen LogP contribution in [0.2, 0.25) is 5.02 Å². The summed E-state index contributed by atoms with van der Waals surface area (Å²) in [7, 11) is 0. The van der Waals surface area contributed by atoms with Gasteiger partial charge in [-0.25, -0.2) is 0 Å². The van der Waals surface area contributed by atoms with Gasteiger partial charge in [-0.3, -0.25) is 9.78 Å². The number of benzene rings is 1. The number of allylic oxidation sites excluding steroid dienone is 2. The maximum atomic E-state index is 13.0. The van der Waals surface area contributed by atoms with Gasteiger partial charge >= 0.3 is 0 Å². The fraction of sp³-hybridized carbons (Fsp3) is 0.263. The third-order valence-electron chi connectivity index (χ3n) is 4.93. The Hall–Kier alpha value is -1.93. The Balaban J connectivity index is 1.72. The second-order valence-electron chi connectivity index (χ2n) is 6.13. The molecule has 0 radical (unpaired) electrons. The average molecular weight is 310 g/mol. The van der Waals surface area contributed by atoms with Crippen LogP contribution < -0.4 is 0 Å². The standard InChI is InChI=1S/C19H16ClNO/c20-15-8-6-12(7-9-15)17-13-4-5-14(11-13)18(17)19(22)16-3-1-2-10-21-16/h1-10,13-14,17-18H,11H2. The van der Waals surface area contributed by atoms with Gasteiger partial charge in [-0.1, -0.05) is 42.0 Å². The summed E-state index contributed by atoms with van der Waals surface area (Å²) in [6.45, 7) is 0. The minimum Gasteiger partial charge on any atom is -0.292 e. The predicted molar refractivity (Wildman–Crippen MR) is 87.0 cm³/mol. The topological polar surface area (TPSA) is 30.0 Å². The smallest absolute Gasteiger partial charge is 0.185 e. The van der Waals surface area contributed by atoms with Gasteiger partial charge in [0.2, 0.25) is 0 Å². The molecule has 3 heteroatoms. The van der Waals surface area contributed by atoms with E-state index in [1.807, 2.05) is 30.3 Å². The van der Waals surface area contributed by atoms with E-state index in [1.165, 1.54) is 5.56 Å². The van der Waals surface area contributed by atoms with E-state index in [9.17, 15) is 4.79 Å². The Morgan fingerprint density at radius 1 is 1.05 bits per heavy atom. The van der Waals surface area contributed by atoms with Crippen LogP contribution >= 0.6 is 11.6 Å². The first-order valence-corrected chi connectivity index (χ1v) is 8.01. The first-order valence-electron chi connectivity index (χ1n) is 7.63. The number of halogens is 1. The lowest BCUT2D eigenvalue weighted by molar-refractivity contribution is 0.0881. The highest BCUT2D eigenvalue weighted by Gasteiger charge is 2.48. The van der Waals surface area contributed by atoms with Gasteiger partial charge in [0, 0.05) is 23.1 Å². The summed E-state index contributed by atoms with van der Waals surface area (Å²) in [5, 5.41) is 0.732. The zero-order valence-electron chi connectivity index (χ0n) is 12.0. The SMILES string of the molecule is O=C(c1ccccn1)C1C2C=CC(C2)C1c1ccc(Cl)cc1. The molecule has 2 aromatic rings. The van der Waals surface area contributed by atoms with E-state index in [1.54, 1.807) is 6.20 Å². The molecule has 0 N–H and O–H groups in total. The Labute approximate surface area is 134 Å². The molecule has 0 aliphatic heterocycles. The van der Waals surface area contributed by atoms with E-state index in [-0.39, 0.29) is 17.6 Å². The highest BCUT2D eigenvalue weighted by Crippen LogP contribution is 2.53. The molecule has 2 bridgehead atoms. The molecule has 2 aliphatic carbocycles. The number of pyridine rings is 1. The maximum Gasteiger partial charge on any atom is 0.185 e. The van der Waals surface area contributed by atoms with Crippen LogP contribution in [0, 0.1) is 17.8 Å². The molecule has 4 unspecified atom stereocenters. The lowest BCUT2D eigenvalue weighted by Gasteiger charge is -2.27. The van der Waals surface area contributed by atoms with Gasteiger partial charge in [-0.05, 0) is 48.1 Å². The van der Waals surface area contributed by atoms with E-state index in [4.69, 9.17) is 11.6 Å². The Kier molecular flexibility index (Phi) is 3.34. The average Bonchev–Trinajstić information content (AvgIpc) is 3.17. The Bertz CT molecular complexity index is 723. The monoisotopic (exact) mass is 309 g/mol. The minimum atomic E-state index is -0.00826. The number of rotatable bonds is 3. The highest BCUT2D eigenvalue weighted by atomic mass is 35.5. The van der Waals surface area contributed by atoms with Crippen LogP contribution in [-0.2, 0) is 0 Å². The molecule has 0 amide bonds. The van der Waals surface area contributed by atoms with Crippen LogP contribution in [0.25, 0.3) is 0 Å². The summed E-state index contributed by atoms with van der Waals surface area (Å²) in [6.07, 6.45) is 7.23. The zero-order valence-corrected chi connectivity index (χ0v) is 12.8. The molecule has 0 spiro atoms. The molecule has 22 heavy (non-hydrogen) atoms. The largest absolute Gasteiger partial charge is 0.292 e. The van der Waals surface area contributed by atoms with Gasteiger partial charge in [0.15, 0.2) is 5.78 Å². The fourth-order valence-corrected chi connectivity index (χ4v) is 4.12. The van der Waals surface area contributed by atoms with Crippen molar-refractivity contribution in [1.29, 1.82) is 0 Å². The number of carbonyl (C=O) groups is 1. The maximum absolute atomic E-state index is 13.0.